The van der Waals surface area contributed by atoms with Gasteiger partial charge in [-0.2, -0.15) is 0 Å². The molecule has 0 radical (unpaired) electrons. The summed E-state index contributed by atoms with van der Waals surface area (Å²) in [5.41, 5.74) is 0.309. The first kappa shape index (κ1) is 11.7. The van der Waals surface area contributed by atoms with Crippen molar-refractivity contribution in [2.45, 2.75) is 19.5 Å². The molecule has 90 valence electrons. The van der Waals surface area contributed by atoms with Crippen molar-refractivity contribution in [1.82, 2.24) is 15.3 Å². The molecule has 1 atom stereocenters. The van der Waals surface area contributed by atoms with Crippen molar-refractivity contribution in [3.8, 4) is 0 Å². The van der Waals surface area contributed by atoms with Crippen LogP contribution in [-0.2, 0) is 6.54 Å². The molecule has 0 saturated heterocycles. The van der Waals surface area contributed by atoms with Crippen LogP contribution < -0.4 is 5.32 Å². The molecule has 2 N–H and O–H groups in total. The number of imidazole rings is 1. The zero-order valence-electron chi connectivity index (χ0n) is 9.37. The Labute approximate surface area is 97.9 Å². The number of H-pyrrole nitrogens is 1. The van der Waals surface area contributed by atoms with E-state index in [0.717, 1.165) is 11.9 Å². The standard InChI is InChI=1S/C12H13F2N3/c1-8(12-15-5-6-16-12)17-7-9-3-2-4-10(13)11(9)14/h2-6,8,17H,7H2,1H3,(H,15,16). The largest absolute Gasteiger partial charge is 0.347 e. The highest BCUT2D eigenvalue weighted by Crippen LogP contribution is 2.13. The van der Waals surface area contributed by atoms with Crippen LogP contribution in [0.15, 0.2) is 30.6 Å². The van der Waals surface area contributed by atoms with E-state index in [9.17, 15) is 8.78 Å². The monoisotopic (exact) mass is 237 g/mol. The van der Waals surface area contributed by atoms with Crippen LogP contribution in [0.3, 0.4) is 0 Å². The maximum Gasteiger partial charge on any atom is 0.163 e. The van der Waals surface area contributed by atoms with E-state index in [-0.39, 0.29) is 12.6 Å². The van der Waals surface area contributed by atoms with Crippen molar-refractivity contribution < 1.29 is 8.78 Å². The molecule has 2 rings (SSSR count). The average molecular weight is 237 g/mol. The van der Waals surface area contributed by atoms with Gasteiger partial charge in [0.1, 0.15) is 5.82 Å². The molecule has 0 saturated carbocycles. The van der Waals surface area contributed by atoms with Gasteiger partial charge in [-0.3, -0.25) is 0 Å². The van der Waals surface area contributed by atoms with E-state index in [1.54, 1.807) is 18.5 Å². The quantitative estimate of drug-likeness (QED) is 0.857. The van der Waals surface area contributed by atoms with Crippen molar-refractivity contribution >= 4 is 0 Å². The summed E-state index contributed by atoms with van der Waals surface area (Å²) in [5.74, 6) is -0.858. The molecule has 5 heteroatoms. The van der Waals surface area contributed by atoms with Gasteiger partial charge in [0.25, 0.3) is 0 Å². The van der Waals surface area contributed by atoms with Gasteiger partial charge >= 0.3 is 0 Å². The highest BCUT2D eigenvalue weighted by Gasteiger charge is 2.10. The molecule has 1 heterocycles. The highest BCUT2D eigenvalue weighted by atomic mass is 19.2. The van der Waals surface area contributed by atoms with Crippen LogP contribution in [0.25, 0.3) is 0 Å². The Balaban J connectivity index is 2.00. The lowest BCUT2D eigenvalue weighted by molar-refractivity contribution is 0.481. The lowest BCUT2D eigenvalue weighted by atomic mass is 10.2. The van der Waals surface area contributed by atoms with Gasteiger partial charge in [-0.25, -0.2) is 13.8 Å². The minimum Gasteiger partial charge on any atom is -0.347 e. The Morgan fingerprint density at radius 2 is 2.24 bits per heavy atom. The summed E-state index contributed by atoms with van der Waals surface area (Å²) < 4.78 is 26.3. The van der Waals surface area contributed by atoms with Gasteiger partial charge in [-0.05, 0) is 13.0 Å². The molecule has 17 heavy (non-hydrogen) atoms. The molecule has 0 fully saturated rings. The normalized spacial score (nSPS) is 12.6. The zero-order chi connectivity index (χ0) is 12.3. The number of hydrogen-bond donors (Lipinski definition) is 2. The van der Waals surface area contributed by atoms with Gasteiger partial charge in [0.05, 0.1) is 6.04 Å². The van der Waals surface area contributed by atoms with Crippen molar-refractivity contribution in [2.24, 2.45) is 0 Å². The molecule has 0 aliphatic rings. The summed E-state index contributed by atoms with van der Waals surface area (Å²) in [5, 5.41) is 3.07. The van der Waals surface area contributed by atoms with E-state index in [0.29, 0.717) is 5.56 Å². The number of aromatic nitrogens is 2. The molecule has 1 aromatic carbocycles. The summed E-state index contributed by atoms with van der Waals surface area (Å²) in [4.78, 5) is 7.04. The van der Waals surface area contributed by atoms with Gasteiger partial charge < -0.3 is 10.3 Å². The second-order valence-corrected chi connectivity index (χ2v) is 3.79. The highest BCUT2D eigenvalue weighted by molar-refractivity contribution is 5.18. The van der Waals surface area contributed by atoms with E-state index in [4.69, 9.17) is 0 Å². The smallest absolute Gasteiger partial charge is 0.163 e. The average Bonchev–Trinajstić information content (AvgIpc) is 2.84. The van der Waals surface area contributed by atoms with E-state index >= 15 is 0 Å². The van der Waals surface area contributed by atoms with E-state index in [1.807, 2.05) is 6.92 Å². The molecule has 0 spiro atoms. The lowest BCUT2D eigenvalue weighted by Gasteiger charge is -2.11. The van der Waals surface area contributed by atoms with E-state index in [2.05, 4.69) is 15.3 Å². The van der Waals surface area contributed by atoms with Crippen molar-refractivity contribution in [3.05, 3.63) is 53.6 Å². The molecule has 3 nitrogen and oxygen atoms in total. The van der Waals surface area contributed by atoms with Crippen LogP contribution in [-0.4, -0.2) is 9.97 Å². The molecule has 0 amide bonds. The molecule has 1 unspecified atom stereocenters. The number of aromatic amines is 1. The molecule has 2 aromatic rings. The van der Waals surface area contributed by atoms with Crippen LogP contribution in [0.1, 0.15) is 24.4 Å². The van der Waals surface area contributed by atoms with Crippen molar-refractivity contribution in [1.29, 1.82) is 0 Å². The van der Waals surface area contributed by atoms with Gasteiger partial charge in [-0.1, -0.05) is 12.1 Å². The molecule has 1 aromatic heterocycles. The van der Waals surface area contributed by atoms with Crippen molar-refractivity contribution in [2.75, 3.05) is 0 Å². The summed E-state index contributed by atoms with van der Waals surface area (Å²) >= 11 is 0. The topological polar surface area (TPSA) is 40.7 Å². The Hall–Kier alpha value is -1.75. The zero-order valence-corrected chi connectivity index (χ0v) is 9.37. The van der Waals surface area contributed by atoms with Crippen molar-refractivity contribution in [3.63, 3.8) is 0 Å². The number of nitrogens with zero attached hydrogens (tertiary/aromatic N) is 1. The number of halogens is 2. The SMILES string of the molecule is CC(NCc1cccc(F)c1F)c1ncc[nH]1. The maximum atomic E-state index is 13.4. The first-order chi connectivity index (χ1) is 8.18. The maximum absolute atomic E-state index is 13.4. The predicted octanol–water partition coefficient (Wildman–Crippen LogP) is 2.54. The first-order valence-corrected chi connectivity index (χ1v) is 5.34. The van der Waals surface area contributed by atoms with Gasteiger partial charge in [-0.15, -0.1) is 0 Å². The first-order valence-electron chi connectivity index (χ1n) is 5.34. The molecule has 0 aliphatic carbocycles. The second kappa shape index (κ2) is 5.05. The lowest BCUT2D eigenvalue weighted by Crippen LogP contribution is -2.20. The van der Waals surface area contributed by atoms with Gasteiger partial charge in [0, 0.05) is 24.5 Å². The van der Waals surface area contributed by atoms with Gasteiger partial charge in [0.2, 0.25) is 0 Å². The molecular formula is C12H13F2N3. The summed E-state index contributed by atoms with van der Waals surface area (Å²) in [6.45, 7) is 2.15. The molecule has 0 aliphatic heterocycles. The minimum absolute atomic E-state index is 0.0485. The molecular weight excluding hydrogens is 224 g/mol. The number of benzene rings is 1. The number of nitrogens with one attached hydrogen (secondary N) is 2. The van der Waals surface area contributed by atoms with Crippen LogP contribution in [0, 0.1) is 11.6 Å². The fraction of sp³-hybridized carbons (Fsp3) is 0.250. The summed E-state index contributed by atoms with van der Waals surface area (Å²) in [6, 6.07) is 4.11. The van der Waals surface area contributed by atoms with E-state index in [1.165, 1.54) is 6.07 Å². The fourth-order valence-corrected chi connectivity index (χ4v) is 1.56. The van der Waals surface area contributed by atoms with E-state index < -0.39 is 11.6 Å². The summed E-state index contributed by atoms with van der Waals surface area (Å²) in [7, 11) is 0. The third-order valence-electron chi connectivity index (χ3n) is 2.56. The van der Waals surface area contributed by atoms with Crippen LogP contribution in [0.2, 0.25) is 0 Å². The Kier molecular flexibility index (Phi) is 3.49. The summed E-state index contributed by atoms with van der Waals surface area (Å²) in [6.07, 6.45) is 3.37. The van der Waals surface area contributed by atoms with Crippen LogP contribution >= 0.6 is 0 Å². The third kappa shape index (κ3) is 2.68. The number of rotatable bonds is 4. The predicted molar refractivity (Wildman–Crippen MR) is 60.2 cm³/mol. The number of hydrogen-bond acceptors (Lipinski definition) is 2. The Morgan fingerprint density at radius 1 is 1.41 bits per heavy atom. The van der Waals surface area contributed by atoms with Gasteiger partial charge in [0.15, 0.2) is 11.6 Å². The molecule has 0 bridgehead atoms. The second-order valence-electron chi connectivity index (χ2n) is 3.79. The fourth-order valence-electron chi connectivity index (χ4n) is 1.56. The Morgan fingerprint density at radius 3 is 2.94 bits per heavy atom. The van der Waals surface area contributed by atoms with Crippen LogP contribution in [0.4, 0.5) is 8.78 Å². The minimum atomic E-state index is -0.824. The van der Waals surface area contributed by atoms with Crippen LogP contribution in [0.5, 0.6) is 0 Å². The third-order valence-corrected chi connectivity index (χ3v) is 2.56. The Bertz CT molecular complexity index is 483.